The van der Waals surface area contributed by atoms with E-state index in [-0.39, 0.29) is 11.7 Å². The molecule has 1 aliphatic rings. The van der Waals surface area contributed by atoms with Crippen LogP contribution in [-0.4, -0.2) is 30.1 Å². The van der Waals surface area contributed by atoms with Crippen molar-refractivity contribution in [2.24, 2.45) is 0 Å². The molecule has 10 heteroatoms. The van der Waals surface area contributed by atoms with Crippen molar-refractivity contribution < 1.29 is 37.0 Å². The number of aryl methyl sites for hydroxylation is 1. The number of fused-ring (bicyclic) bond motifs is 1. The maximum Gasteiger partial charge on any atom is 0.416 e. The molecule has 1 aliphatic heterocycles. The summed E-state index contributed by atoms with van der Waals surface area (Å²) >= 11 is 0.983. The third kappa shape index (κ3) is 4.38. The first kappa shape index (κ1) is 20.9. The number of ketones is 1. The molecule has 0 radical (unpaired) electrons. The molecule has 0 atom stereocenters. The van der Waals surface area contributed by atoms with E-state index in [9.17, 15) is 22.8 Å². The number of hydrogen-bond acceptors (Lipinski definition) is 7. The Morgan fingerprint density at radius 3 is 2.52 bits per heavy atom. The van der Waals surface area contributed by atoms with Gasteiger partial charge in [0.25, 0.3) is 0 Å². The maximum absolute atomic E-state index is 12.7. The van der Waals surface area contributed by atoms with Gasteiger partial charge in [-0.2, -0.15) is 13.2 Å². The SMILES string of the molecule is Cc1nc(-c2ccc(C(F)(F)F)cc2)sc1C(=O)OCC(=O)c1ccc2c(c1)OCO2. The summed E-state index contributed by atoms with van der Waals surface area (Å²) in [7, 11) is 0. The lowest BCUT2D eigenvalue weighted by molar-refractivity contribution is -0.137. The van der Waals surface area contributed by atoms with Crippen molar-refractivity contribution in [2.45, 2.75) is 13.1 Å². The number of alkyl halides is 3. The second kappa shape index (κ2) is 8.03. The van der Waals surface area contributed by atoms with Crippen molar-refractivity contribution >= 4 is 23.1 Å². The van der Waals surface area contributed by atoms with Crippen molar-refractivity contribution in [3.63, 3.8) is 0 Å². The van der Waals surface area contributed by atoms with E-state index in [4.69, 9.17) is 14.2 Å². The summed E-state index contributed by atoms with van der Waals surface area (Å²) in [6, 6.07) is 9.14. The highest BCUT2D eigenvalue weighted by Crippen LogP contribution is 2.34. The Morgan fingerprint density at radius 1 is 1.10 bits per heavy atom. The third-order valence-electron chi connectivity index (χ3n) is 4.47. The first-order chi connectivity index (χ1) is 14.7. The fraction of sp³-hybridized carbons (Fsp3) is 0.190. The lowest BCUT2D eigenvalue weighted by atomic mass is 10.1. The molecule has 0 spiro atoms. The van der Waals surface area contributed by atoms with Crippen LogP contribution in [0.25, 0.3) is 10.6 Å². The topological polar surface area (TPSA) is 74.7 Å². The van der Waals surface area contributed by atoms with Gasteiger partial charge in [0.05, 0.1) is 11.3 Å². The van der Waals surface area contributed by atoms with Crippen molar-refractivity contribution in [1.82, 2.24) is 4.98 Å². The predicted molar refractivity (Wildman–Crippen MR) is 104 cm³/mol. The summed E-state index contributed by atoms with van der Waals surface area (Å²) in [6.45, 7) is 1.18. The number of aromatic nitrogens is 1. The van der Waals surface area contributed by atoms with E-state index in [0.717, 1.165) is 23.5 Å². The lowest BCUT2D eigenvalue weighted by Crippen LogP contribution is -2.14. The molecule has 0 bridgehead atoms. The number of nitrogens with zero attached hydrogens (tertiary/aromatic N) is 1. The highest BCUT2D eigenvalue weighted by Gasteiger charge is 2.30. The van der Waals surface area contributed by atoms with Gasteiger partial charge in [0.1, 0.15) is 9.88 Å². The molecular weight excluding hydrogens is 435 g/mol. The molecule has 0 saturated carbocycles. The van der Waals surface area contributed by atoms with E-state index in [1.54, 1.807) is 19.1 Å². The van der Waals surface area contributed by atoms with Crippen molar-refractivity contribution in [3.05, 3.63) is 64.2 Å². The number of ether oxygens (including phenoxy) is 3. The summed E-state index contributed by atoms with van der Waals surface area (Å²) in [5.41, 5.74) is 0.340. The van der Waals surface area contributed by atoms with E-state index in [0.29, 0.717) is 33.3 Å². The molecule has 31 heavy (non-hydrogen) atoms. The molecule has 1 aromatic heterocycles. The Hall–Kier alpha value is -3.40. The zero-order chi connectivity index (χ0) is 22.2. The van der Waals surface area contributed by atoms with Gasteiger partial charge < -0.3 is 14.2 Å². The second-order valence-electron chi connectivity index (χ2n) is 6.58. The van der Waals surface area contributed by atoms with Crippen molar-refractivity contribution in [1.29, 1.82) is 0 Å². The van der Waals surface area contributed by atoms with Crippen LogP contribution in [0.2, 0.25) is 0 Å². The Balaban J connectivity index is 1.43. The van der Waals surface area contributed by atoms with Crippen LogP contribution in [0.3, 0.4) is 0 Å². The van der Waals surface area contributed by atoms with Gasteiger partial charge in [-0.05, 0) is 37.3 Å². The molecule has 0 fully saturated rings. The van der Waals surface area contributed by atoms with Crippen LogP contribution in [0.4, 0.5) is 13.2 Å². The third-order valence-corrected chi connectivity index (χ3v) is 5.66. The number of thiazole rings is 1. The van der Waals surface area contributed by atoms with Gasteiger partial charge >= 0.3 is 12.1 Å². The number of halogens is 3. The first-order valence-corrected chi connectivity index (χ1v) is 9.79. The highest BCUT2D eigenvalue weighted by atomic mass is 32.1. The molecule has 160 valence electrons. The molecule has 2 heterocycles. The molecule has 6 nitrogen and oxygen atoms in total. The number of Topliss-reactive ketones (excluding diaryl/α,β-unsaturated/α-hetero) is 1. The molecule has 0 unspecified atom stereocenters. The van der Waals surface area contributed by atoms with E-state index < -0.39 is 30.1 Å². The normalized spacial score (nSPS) is 12.6. The Kier molecular flexibility index (Phi) is 5.40. The summed E-state index contributed by atoms with van der Waals surface area (Å²) in [4.78, 5) is 29.2. The lowest BCUT2D eigenvalue weighted by Gasteiger charge is -2.06. The molecule has 0 saturated heterocycles. The Bertz CT molecular complexity index is 1150. The maximum atomic E-state index is 12.7. The quantitative estimate of drug-likeness (QED) is 0.407. The molecule has 4 rings (SSSR count). The van der Waals surface area contributed by atoms with Crippen molar-refractivity contribution in [3.8, 4) is 22.1 Å². The van der Waals surface area contributed by atoms with Crippen LogP contribution >= 0.6 is 11.3 Å². The van der Waals surface area contributed by atoms with E-state index >= 15 is 0 Å². The van der Waals surface area contributed by atoms with Gasteiger partial charge in [-0.15, -0.1) is 11.3 Å². The zero-order valence-electron chi connectivity index (χ0n) is 16.0. The largest absolute Gasteiger partial charge is 0.454 e. The zero-order valence-corrected chi connectivity index (χ0v) is 16.8. The van der Waals surface area contributed by atoms with E-state index in [1.807, 2.05) is 0 Å². The van der Waals surface area contributed by atoms with Gasteiger partial charge in [0.15, 0.2) is 23.9 Å². The standard InChI is InChI=1S/C21H14F3NO5S/c1-11-18(31-19(25-11)12-2-5-14(6-3-12)21(22,23)24)20(27)28-9-15(26)13-4-7-16-17(8-13)30-10-29-16/h2-8H,9-10H2,1H3. The predicted octanol–water partition coefficient (Wildman–Crippen LogP) is 4.91. The van der Waals surface area contributed by atoms with Gasteiger partial charge in [-0.3, -0.25) is 4.79 Å². The second-order valence-corrected chi connectivity index (χ2v) is 7.58. The molecule has 2 aromatic carbocycles. The number of hydrogen-bond donors (Lipinski definition) is 0. The smallest absolute Gasteiger partial charge is 0.416 e. The Morgan fingerprint density at radius 2 is 1.81 bits per heavy atom. The minimum Gasteiger partial charge on any atom is -0.454 e. The highest BCUT2D eigenvalue weighted by molar-refractivity contribution is 7.17. The fourth-order valence-electron chi connectivity index (χ4n) is 2.86. The first-order valence-electron chi connectivity index (χ1n) is 8.97. The molecule has 0 N–H and O–H groups in total. The van der Waals surface area contributed by atoms with E-state index in [2.05, 4.69) is 4.98 Å². The van der Waals surface area contributed by atoms with Crippen LogP contribution in [0.1, 0.15) is 31.3 Å². The van der Waals surface area contributed by atoms with Gasteiger partial charge in [0, 0.05) is 11.1 Å². The van der Waals surface area contributed by atoms with Crippen LogP contribution in [0, 0.1) is 6.92 Å². The van der Waals surface area contributed by atoms with Gasteiger partial charge in [-0.25, -0.2) is 9.78 Å². The molecule has 3 aromatic rings. The minimum absolute atomic E-state index is 0.0773. The number of carbonyl (C=O) groups is 2. The van der Waals surface area contributed by atoms with Gasteiger partial charge in [-0.1, -0.05) is 12.1 Å². The average Bonchev–Trinajstić information content (AvgIpc) is 3.37. The fourth-order valence-corrected chi connectivity index (χ4v) is 3.83. The Labute approximate surface area is 178 Å². The number of benzene rings is 2. The van der Waals surface area contributed by atoms with Crippen molar-refractivity contribution in [2.75, 3.05) is 13.4 Å². The monoisotopic (exact) mass is 449 g/mol. The summed E-state index contributed by atoms with van der Waals surface area (Å²) in [5.74, 6) is -0.180. The number of carbonyl (C=O) groups excluding carboxylic acids is 2. The van der Waals surface area contributed by atoms with Gasteiger partial charge in [0.2, 0.25) is 6.79 Å². The number of esters is 1. The average molecular weight is 449 g/mol. The van der Waals surface area contributed by atoms with E-state index in [1.165, 1.54) is 18.2 Å². The molecule has 0 amide bonds. The molecular formula is C21H14F3NO5S. The number of rotatable bonds is 5. The van der Waals surface area contributed by atoms with Crippen LogP contribution in [-0.2, 0) is 10.9 Å². The summed E-state index contributed by atoms with van der Waals surface area (Å²) < 4.78 is 53.7. The molecule has 0 aliphatic carbocycles. The summed E-state index contributed by atoms with van der Waals surface area (Å²) in [6.07, 6.45) is -4.43. The van der Waals surface area contributed by atoms with Crippen LogP contribution in [0.15, 0.2) is 42.5 Å². The minimum atomic E-state index is -4.43. The van der Waals surface area contributed by atoms with Crippen LogP contribution < -0.4 is 9.47 Å². The van der Waals surface area contributed by atoms with Crippen LogP contribution in [0.5, 0.6) is 11.5 Å². The summed E-state index contributed by atoms with van der Waals surface area (Å²) in [5, 5.41) is 0.375.